The van der Waals surface area contributed by atoms with Crippen molar-refractivity contribution in [3.05, 3.63) is 50.7 Å². The van der Waals surface area contributed by atoms with Gasteiger partial charge >= 0.3 is 18.0 Å². The van der Waals surface area contributed by atoms with Crippen molar-refractivity contribution in [1.82, 2.24) is 10.6 Å². The number of nitro benzene ring substituents is 1. The number of rotatable bonds is 6. The lowest BCUT2D eigenvalue weighted by atomic mass is 10.0. The van der Waals surface area contributed by atoms with E-state index >= 15 is 0 Å². The first-order chi connectivity index (χ1) is 12.7. The predicted octanol–water partition coefficient (Wildman–Crippen LogP) is 1.58. The molecule has 2 N–H and O–H groups in total. The largest absolute Gasteiger partial charge is 0.463 e. The van der Waals surface area contributed by atoms with Crippen LogP contribution in [-0.2, 0) is 14.3 Å². The van der Waals surface area contributed by atoms with E-state index in [1.165, 1.54) is 25.1 Å². The Hall–Kier alpha value is -3.43. The molecule has 0 saturated heterocycles. The third-order valence-corrected chi connectivity index (χ3v) is 3.84. The highest BCUT2D eigenvalue weighted by atomic mass is 16.6. The maximum atomic E-state index is 12.2. The van der Waals surface area contributed by atoms with Crippen molar-refractivity contribution in [2.24, 2.45) is 0 Å². The Morgan fingerprint density at radius 3 is 2.56 bits per heavy atom. The van der Waals surface area contributed by atoms with Gasteiger partial charge < -0.3 is 20.1 Å². The summed E-state index contributed by atoms with van der Waals surface area (Å²) >= 11 is 0. The van der Waals surface area contributed by atoms with Gasteiger partial charge in [-0.05, 0) is 32.9 Å². The first-order valence-corrected chi connectivity index (χ1v) is 8.14. The van der Waals surface area contributed by atoms with Crippen LogP contribution >= 0.6 is 0 Å². The predicted molar refractivity (Wildman–Crippen MR) is 92.9 cm³/mol. The number of hydrogen-bond donors (Lipinski definition) is 2. The fraction of sp³-hybridized carbons (Fsp3) is 0.353. The lowest BCUT2D eigenvalue weighted by Crippen LogP contribution is -2.50. The van der Waals surface area contributed by atoms with Gasteiger partial charge in [-0.1, -0.05) is 0 Å². The number of amides is 2. The van der Waals surface area contributed by atoms with Crippen molar-refractivity contribution in [3.63, 3.8) is 0 Å². The molecule has 0 fully saturated rings. The van der Waals surface area contributed by atoms with E-state index in [2.05, 4.69) is 10.6 Å². The standard InChI is InChI=1S/C17H19N3O7/c1-4-26-16(22)14-10(3)18-17(23)19-12(14)8-27-15(21)11-5-6-13(20(24)25)9(2)7-11/h5-7,10H,4,8H2,1-3H3,(H2,18,19,23)/t10-/m1/s1. The highest BCUT2D eigenvalue weighted by Gasteiger charge is 2.30. The second-order valence-electron chi connectivity index (χ2n) is 5.77. The van der Waals surface area contributed by atoms with Crippen molar-refractivity contribution in [1.29, 1.82) is 0 Å². The summed E-state index contributed by atoms with van der Waals surface area (Å²) in [4.78, 5) is 46.3. The molecule has 1 heterocycles. The fourth-order valence-electron chi connectivity index (χ4n) is 2.60. The number of hydrogen-bond acceptors (Lipinski definition) is 7. The molecule has 10 nitrogen and oxygen atoms in total. The van der Waals surface area contributed by atoms with E-state index in [4.69, 9.17) is 9.47 Å². The van der Waals surface area contributed by atoms with E-state index in [0.29, 0.717) is 5.56 Å². The first kappa shape index (κ1) is 19.9. The zero-order valence-corrected chi connectivity index (χ0v) is 15.0. The van der Waals surface area contributed by atoms with Crippen LogP contribution in [0.5, 0.6) is 0 Å². The second-order valence-corrected chi connectivity index (χ2v) is 5.77. The smallest absolute Gasteiger partial charge is 0.338 e. The molecule has 1 aliphatic heterocycles. The number of urea groups is 1. The summed E-state index contributed by atoms with van der Waals surface area (Å²) in [5, 5.41) is 15.8. The maximum absolute atomic E-state index is 12.2. The van der Waals surface area contributed by atoms with E-state index in [-0.39, 0.29) is 35.7 Å². The molecule has 0 aromatic heterocycles. The van der Waals surface area contributed by atoms with Crippen molar-refractivity contribution in [2.45, 2.75) is 26.8 Å². The lowest BCUT2D eigenvalue weighted by Gasteiger charge is -2.26. The summed E-state index contributed by atoms with van der Waals surface area (Å²) in [6, 6.07) is 2.67. The van der Waals surface area contributed by atoms with Gasteiger partial charge in [0.15, 0.2) is 0 Å². The van der Waals surface area contributed by atoms with Crippen LogP contribution in [0.15, 0.2) is 29.5 Å². The van der Waals surface area contributed by atoms with E-state index in [1.807, 2.05) is 0 Å². The Bertz CT molecular complexity index is 832. The molecule has 2 rings (SSSR count). The minimum absolute atomic E-state index is 0.113. The highest BCUT2D eigenvalue weighted by Crippen LogP contribution is 2.20. The van der Waals surface area contributed by atoms with Crippen LogP contribution in [0.4, 0.5) is 10.5 Å². The first-order valence-electron chi connectivity index (χ1n) is 8.14. The number of carbonyl (C=O) groups excluding carboxylic acids is 3. The third kappa shape index (κ3) is 4.60. The van der Waals surface area contributed by atoms with Gasteiger partial charge in [0.1, 0.15) is 6.61 Å². The Morgan fingerprint density at radius 2 is 1.96 bits per heavy atom. The average molecular weight is 377 g/mol. The van der Waals surface area contributed by atoms with Crippen molar-refractivity contribution < 1.29 is 28.8 Å². The molecule has 144 valence electrons. The van der Waals surface area contributed by atoms with Gasteiger partial charge in [0, 0.05) is 11.6 Å². The highest BCUT2D eigenvalue weighted by molar-refractivity contribution is 5.95. The number of aryl methyl sites for hydroxylation is 1. The van der Waals surface area contributed by atoms with Crippen LogP contribution < -0.4 is 10.6 Å². The summed E-state index contributed by atoms with van der Waals surface area (Å²) in [6.07, 6.45) is 0. The summed E-state index contributed by atoms with van der Waals surface area (Å²) in [7, 11) is 0. The molecule has 1 atom stereocenters. The quantitative estimate of drug-likeness (QED) is 0.436. The average Bonchev–Trinajstić information content (AvgIpc) is 2.58. The van der Waals surface area contributed by atoms with E-state index in [0.717, 1.165) is 0 Å². The van der Waals surface area contributed by atoms with E-state index in [1.54, 1.807) is 13.8 Å². The van der Waals surface area contributed by atoms with Gasteiger partial charge in [-0.3, -0.25) is 10.1 Å². The molecule has 1 aromatic carbocycles. The molecule has 1 aliphatic rings. The van der Waals surface area contributed by atoms with Gasteiger partial charge in [0.2, 0.25) is 0 Å². The molecule has 0 spiro atoms. The molecule has 1 aromatic rings. The van der Waals surface area contributed by atoms with E-state index in [9.17, 15) is 24.5 Å². The van der Waals surface area contributed by atoms with E-state index < -0.39 is 28.9 Å². The Labute approximate surface area is 154 Å². The summed E-state index contributed by atoms with van der Waals surface area (Å²) in [6.45, 7) is 4.55. The zero-order chi connectivity index (χ0) is 20.1. The number of nitro groups is 1. The second kappa shape index (κ2) is 8.30. The topological polar surface area (TPSA) is 137 Å². The van der Waals surface area contributed by atoms with Gasteiger partial charge in [0.25, 0.3) is 5.69 Å². The number of esters is 2. The maximum Gasteiger partial charge on any atom is 0.338 e. The van der Waals surface area contributed by atoms with Crippen molar-refractivity contribution in [2.75, 3.05) is 13.2 Å². The van der Waals surface area contributed by atoms with Gasteiger partial charge in [0.05, 0.1) is 34.4 Å². The number of nitrogens with one attached hydrogen (secondary N) is 2. The molecule has 10 heteroatoms. The minimum Gasteiger partial charge on any atom is -0.463 e. The van der Waals surface area contributed by atoms with Crippen LogP contribution in [0.2, 0.25) is 0 Å². The van der Waals surface area contributed by atoms with Crippen molar-refractivity contribution >= 4 is 23.7 Å². The monoisotopic (exact) mass is 377 g/mol. The van der Waals surface area contributed by atoms with Gasteiger partial charge in [-0.15, -0.1) is 0 Å². The third-order valence-electron chi connectivity index (χ3n) is 3.84. The van der Waals surface area contributed by atoms with Crippen molar-refractivity contribution in [3.8, 4) is 0 Å². The summed E-state index contributed by atoms with van der Waals surface area (Å²) in [5.74, 6) is -1.38. The van der Waals surface area contributed by atoms with Crippen LogP contribution in [0, 0.1) is 17.0 Å². The molecule has 2 amide bonds. The molecule has 0 radical (unpaired) electrons. The molecule has 0 aliphatic carbocycles. The summed E-state index contributed by atoms with van der Waals surface area (Å²) < 4.78 is 10.1. The molecule has 27 heavy (non-hydrogen) atoms. The molecular formula is C17H19N3O7. The number of benzene rings is 1. The lowest BCUT2D eigenvalue weighted by molar-refractivity contribution is -0.385. The zero-order valence-electron chi connectivity index (χ0n) is 15.0. The van der Waals surface area contributed by atoms with Crippen LogP contribution in [0.1, 0.15) is 29.8 Å². The normalized spacial score (nSPS) is 16.3. The number of carbonyl (C=O) groups is 3. The van der Waals surface area contributed by atoms with Crippen LogP contribution in [-0.4, -0.2) is 42.1 Å². The Balaban J connectivity index is 2.19. The van der Waals surface area contributed by atoms with Crippen LogP contribution in [0.3, 0.4) is 0 Å². The minimum atomic E-state index is -0.746. The van der Waals surface area contributed by atoms with Gasteiger partial charge in [-0.2, -0.15) is 0 Å². The Kier molecular flexibility index (Phi) is 6.11. The van der Waals surface area contributed by atoms with Gasteiger partial charge in [-0.25, -0.2) is 14.4 Å². The Morgan fingerprint density at radius 1 is 1.26 bits per heavy atom. The fourth-order valence-corrected chi connectivity index (χ4v) is 2.60. The molecular weight excluding hydrogens is 358 g/mol. The molecule has 0 saturated carbocycles. The SMILES string of the molecule is CCOC(=O)C1=C(COC(=O)c2ccc([N+](=O)[O-])c(C)c2)NC(=O)N[C@@H]1C. The summed E-state index contributed by atoms with van der Waals surface area (Å²) in [5.41, 5.74) is 0.591. The number of ether oxygens (including phenoxy) is 2. The number of nitrogens with zero attached hydrogens (tertiary/aromatic N) is 1. The van der Waals surface area contributed by atoms with Crippen LogP contribution in [0.25, 0.3) is 0 Å². The molecule has 0 unspecified atom stereocenters. The molecule has 0 bridgehead atoms.